The molecule has 0 fully saturated rings. The van der Waals surface area contributed by atoms with Crippen molar-refractivity contribution in [1.29, 1.82) is 0 Å². The smallest absolute Gasteiger partial charge is 0.281 e. The predicted octanol–water partition coefficient (Wildman–Crippen LogP) is 0.915. The molecule has 1 atom stereocenters. The second-order valence-electron chi connectivity index (χ2n) is 1.64. The van der Waals surface area contributed by atoms with Gasteiger partial charge in [0.05, 0.1) is 6.54 Å². The second-order valence-corrected chi connectivity index (χ2v) is 1.64. The van der Waals surface area contributed by atoms with Gasteiger partial charge in [-0.15, -0.1) is 0 Å². The zero-order valence-corrected chi connectivity index (χ0v) is 4.83. The molecule has 1 N–H and O–H groups in total. The lowest BCUT2D eigenvalue weighted by Gasteiger charge is -2.07. The van der Waals surface area contributed by atoms with Crippen LogP contribution < -0.4 is 5.32 Å². The van der Waals surface area contributed by atoms with E-state index in [9.17, 15) is 18.3 Å². The van der Waals surface area contributed by atoms with Crippen LogP contribution in [0.3, 0.4) is 0 Å². The third-order valence-corrected chi connectivity index (χ3v) is 0.590. The van der Waals surface area contributed by atoms with Gasteiger partial charge in [-0.3, -0.25) is 5.32 Å². The van der Waals surface area contributed by atoms with Crippen molar-refractivity contribution in [2.24, 2.45) is 0 Å². The number of hydrogen-bond donors (Lipinski definition) is 1. The molecule has 0 saturated carbocycles. The van der Waals surface area contributed by atoms with Crippen LogP contribution in [0.5, 0.6) is 0 Å². The lowest BCUT2D eigenvalue weighted by Crippen LogP contribution is -2.34. The van der Waals surface area contributed by atoms with Gasteiger partial charge in [0.1, 0.15) is 6.23 Å². The summed E-state index contributed by atoms with van der Waals surface area (Å²) in [6.07, 6.45) is -5.63. The maximum absolute atomic E-state index is 11.2. The number of alkyl halides is 3. The number of nitrogens with one attached hydrogen (secondary N) is 1. The number of rotatable bonds is 2. The van der Waals surface area contributed by atoms with Gasteiger partial charge >= 0.3 is 6.18 Å². The van der Waals surface area contributed by atoms with Crippen LogP contribution in [0, 0.1) is 0 Å². The lowest BCUT2D eigenvalue weighted by atomic mass is 10.5. The Morgan fingerprint density at radius 1 is 1.56 bits per heavy atom. The zero-order valence-electron chi connectivity index (χ0n) is 4.83. The van der Waals surface area contributed by atoms with Gasteiger partial charge in [0.15, 0.2) is 0 Å². The third-order valence-electron chi connectivity index (χ3n) is 0.590. The molecule has 0 spiro atoms. The van der Waals surface area contributed by atoms with Gasteiger partial charge in [0, 0.05) is 0 Å². The molecule has 0 aliphatic rings. The van der Waals surface area contributed by atoms with Crippen molar-refractivity contribution >= 4 is 0 Å². The summed E-state index contributed by atoms with van der Waals surface area (Å²) in [7, 11) is 0. The Kier molecular flexibility index (Phi) is 2.93. The molecule has 0 saturated heterocycles. The quantitative estimate of drug-likeness (QED) is 0.571. The van der Waals surface area contributed by atoms with Crippen molar-refractivity contribution in [2.45, 2.75) is 19.3 Å². The van der Waals surface area contributed by atoms with E-state index >= 15 is 0 Å². The van der Waals surface area contributed by atoms with Crippen LogP contribution in [0.25, 0.3) is 0 Å². The summed E-state index contributed by atoms with van der Waals surface area (Å²) in [6, 6.07) is 0. The van der Waals surface area contributed by atoms with Gasteiger partial charge in [-0.1, -0.05) is 0 Å². The fraction of sp³-hybridized carbons (Fsp3) is 1.00. The Hall–Kier alpha value is -0.290. The van der Waals surface area contributed by atoms with Crippen molar-refractivity contribution < 1.29 is 18.3 Å². The standard InChI is InChI=1S/C4H7F3NO/c1-3(9)8-2-4(5,6)7/h3,8H,2H2,1H3. The summed E-state index contributed by atoms with van der Waals surface area (Å²) < 4.78 is 33.6. The fourth-order valence-corrected chi connectivity index (χ4v) is 0.259. The highest BCUT2D eigenvalue weighted by atomic mass is 19.4. The average Bonchev–Trinajstić information content (AvgIpc) is 1.59. The molecule has 0 aliphatic carbocycles. The van der Waals surface area contributed by atoms with Gasteiger partial charge in [-0.25, -0.2) is 5.11 Å². The second kappa shape index (κ2) is 3.03. The van der Waals surface area contributed by atoms with E-state index in [0.717, 1.165) is 6.92 Å². The maximum Gasteiger partial charge on any atom is 0.401 e. The largest absolute Gasteiger partial charge is 0.401 e. The summed E-state index contributed by atoms with van der Waals surface area (Å²) in [4.78, 5) is 0. The van der Waals surface area contributed by atoms with E-state index in [2.05, 4.69) is 0 Å². The highest BCUT2D eigenvalue weighted by Crippen LogP contribution is 2.12. The van der Waals surface area contributed by atoms with E-state index in [-0.39, 0.29) is 0 Å². The molecule has 5 heteroatoms. The van der Waals surface area contributed by atoms with Gasteiger partial charge in [0.25, 0.3) is 0 Å². The Balaban J connectivity index is 3.28. The van der Waals surface area contributed by atoms with E-state index in [4.69, 9.17) is 0 Å². The van der Waals surface area contributed by atoms with Crippen molar-refractivity contribution in [3.8, 4) is 0 Å². The molecule has 0 bridgehead atoms. The topological polar surface area (TPSA) is 31.9 Å². The average molecular weight is 142 g/mol. The molecule has 0 aromatic rings. The fourth-order valence-electron chi connectivity index (χ4n) is 0.259. The molecule has 0 aromatic heterocycles. The molecule has 0 rings (SSSR count). The van der Waals surface area contributed by atoms with Crippen molar-refractivity contribution in [3.05, 3.63) is 0 Å². The van der Waals surface area contributed by atoms with Crippen molar-refractivity contribution in [2.75, 3.05) is 6.54 Å². The van der Waals surface area contributed by atoms with Gasteiger partial charge in [-0.05, 0) is 6.92 Å². The van der Waals surface area contributed by atoms with Crippen LogP contribution >= 0.6 is 0 Å². The van der Waals surface area contributed by atoms with E-state index < -0.39 is 18.9 Å². The summed E-state index contributed by atoms with van der Waals surface area (Å²) in [6.45, 7) is -0.0938. The third kappa shape index (κ3) is 7.71. The summed E-state index contributed by atoms with van der Waals surface area (Å²) in [5.74, 6) is 0. The Morgan fingerprint density at radius 3 is 2.11 bits per heavy atom. The van der Waals surface area contributed by atoms with Gasteiger partial charge in [0.2, 0.25) is 0 Å². The van der Waals surface area contributed by atoms with E-state index in [1.54, 1.807) is 5.32 Å². The van der Waals surface area contributed by atoms with Crippen LogP contribution in [0.15, 0.2) is 0 Å². The molecule has 1 unspecified atom stereocenters. The molecular formula is C4H7F3NO. The molecular weight excluding hydrogens is 135 g/mol. The Morgan fingerprint density at radius 2 is 2.00 bits per heavy atom. The predicted molar refractivity (Wildman–Crippen MR) is 24.2 cm³/mol. The maximum atomic E-state index is 11.2. The normalized spacial score (nSPS) is 15.7. The molecule has 0 heterocycles. The van der Waals surface area contributed by atoms with Crippen LogP contribution in [0.2, 0.25) is 0 Å². The molecule has 0 aromatic carbocycles. The lowest BCUT2D eigenvalue weighted by molar-refractivity contribution is -0.132. The van der Waals surface area contributed by atoms with Gasteiger partial charge < -0.3 is 0 Å². The molecule has 1 radical (unpaired) electrons. The minimum absolute atomic E-state index is 1.12. The van der Waals surface area contributed by atoms with Crippen LogP contribution in [0.1, 0.15) is 6.92 Å². The first-order valence-electron chi connectivity index (χ1n) is 2.38. The Labute approximate surface area is 50.7 Å². The first kappa shape index (κ1) is 8.71. The van der Waals surface area contributed by atoms with Crippen molar-refractivity contribution in [3.63, 3.8) is 0 Å². The Bertz CT molecular complexity index is 80.4. The molecule has 0 aliphatic heterocycles. The summed E-state index contributed by atoms with van der Waals surface area (Å²) in [5, 5.41) is 11.7. The first-order chi connectivity index (χ1) is 3.92. The zero-order chi connectivity index (χ0) is 7.49. The molecule has 2 nitrogen and oxygen atoms in total. The molecule has 55 valence electrons. The highest BCUT2D eigenvalue weighted by molar-refractivity contribution is 4.54. The highest BCUT2D eigenvalue weighted by Gasteiger charge is 2.26. The first-order valence-corrected chi connectivity index (χ1v) is 2.38. The molecule has 9 heavy (non-hydrogen) atoms. The van der Waals surface area contributed by atoms with Crippen LogP contribution in [-0.4, -0.2) is 18.9 Å². The van der Waals surface area contributed by atoms with Crippen molar-refractivity contribution in [1.82, 2.24) is 5.32 Å². The minimum Gasteiger partial charge on any atom is -0.281 e. The van der Waals surface area contributed by atoms with Crippen LogP contribution in [0.4, 0.5) is 13.2 Å². The monoisotopic (exact) mass is 142 g/mol. The SMILES string of the molecule is CC([O])NCC(F)(F)F. The molecule has 0 amide bonds. The van der Waals surface area contributed by atoms with E-state index in [1.807, 2.05) is 0 Å². The number of hydrogen-bond acceptors (Lipinski definition) is 1. The minimum atomic E-state index is -4.28. The number of halogens is 3. The van der Waals surface area contributed by atoms with E-state index in [1.165, 1.54) is 0 Å². The van der Waals surface area contributed by atoms with Gasteiger partial charge in [-0.2, -0.15) is 13.2 Å². The summed E-state index contributed by atoms with van der Waals surface area (Å²) in [5.41, 5.74) is 0. The van der Waals surface area contributed by atoms with E-state index in [0.29, 0.717) is 0 Å². The van der Waals surface area contributed by atoms with Crippen LogP contribution in [-0.2, 0) is 5.11 Å². The summed E-state index contributed by atoms with van der Waals surface area (Å²) >= 11 is 0.